The summed E-state index contributed by atoms with van der Waals surface area (Å²) >= 11 is 0. The highest BCUT2D eigenvalue weighted by atomic mass is 15.1. The van der Waals surface area contributed by atoms with Crippen molar-refractivity contribution in [2.75, 3.05) is 6.54 Å². The van der Waals surface area contributed by atoms with E-state index >= 15 is 0 Å². The first-order valence-electron chi connectivity index (χ1n) is 6.12. The van der Waals surface area contributed by atoms with Crippen molar-refractivity contribution in [1.29, 1.82) is 0 Å². The van der Waals surface area contributed by atoms with Gasteiger partial charge in [0.25, 0.3) is 0 Å². The van der Waals surface area contributed by atoms with E-state index in [9.17, 15) is 0 Å². The van der Waals surface area contributed by atoms with Crippen LogP contribution in [0.5, 0.6) is 0 Å². The fourth-order valence-electron chi connectivity index (χ4n) is 2.36. The zero-order valence-corrected chi connectivity index (χ0v) is 9.84. The second-order valence-electron chi connectivity index (χ2n) is 4.53. The van der Waals surface area contributed by atoms with Crippen LogP contribution < -0.4 is 0 Å². The molecule has 1 heterocycles. The molecule has 0 unspecified atom stereocenters. The van der Waals surface area contributed by atoms with Crippen LogP contribution in [0.3, 0.4) is 0 Å². The Morgan fingerprint density at radius 1 is 0.882 bits per heavy atom. The fourth-order valence-corrected chi connectivity index (χ4v) is 2.36. The lowest BCUT2D eigenvalue weighted by molar-refractivity contribution is 0.328. The lowest BCUT2D eigenvalue weighted by Gasteiger charge is -2.28. The fraction of sp³-hybridized carbons (Fsp3) is 0.188. The van der Waals surface area contributed by atoms with E-state index in [1.807, 2.05) is 0 Å². The summed E-state index contributed by atoms with van der Waals surface area (Å²) in [5.41, 5.74) is 4.22. The predicted molar refractivity (Wildman–Crippen MR) is 70.4 cm³/mol. The maximum Gasteiger partial charge on any atom is 0.0551 e. The molecule has 0 spiro atoms. The van der Waals surface area contributed by atoms with Crippen LogP contribution in [0.4, 0.5) is 0 Å². The first kappa shape index (κ1) is 10.5. The Morgan fingerprint density at radius 2 is 1.65 bits per heavy atom. The number of rotatable bonds is 2. The molecule has 2 aromatic rings. The Balaban J connectivity index is 1.72. The second kappa shape index (κ2) is 4.72. The standard InChI is InChI=1S/C16H16N/c1-2-6-14(7-3-1)12-17-11-10-15-8-4-5-9-16(15)13-17/h1-9,13H,10-12H2. The summed E-state index contributed by atoms with van der Waals surface area (Å²) in [4.78, 5) is 2.40. The van der Waals surface area contributed by atoms with E-state index < -0.39 is 0 Å². The van der Waals surface area contributed by atoms with Crippen molar-refractivity contribution in [3.05, 3.63) is 77.8 Å². The largest absolute Gasteiger partial charge is 0.290 e. The second-order valence-corrected chi connectivity index (χ2v) is 4.53. The van der Waals surface area contributed by atoms with Gasteiger partial charge in [-0.15, -0.1) is 0 Å². The third-order valence-corrected chi connectivity index (χ3v) is 3.27. The molecule has 0 saturated heterocycles. The van der Waals surface area contributed by atoms with Crippen LogP contribution in [0, 0.1) is 6.54 Å². The summed E-state index contributed by atoms with van der Waals surface area (Å²) in [7, 11) is 0. The van der Waals surface area contributed by atoms with Crippen LogP contribution in [0.15, 0.2) is 54.6 Å². The summed E-state index contributed by atoms with van der Waals surface area (Å²) in [6.45, 7) is 4.41. The molecule has 1 radical (unpaired) electrons. The molecule has 1 aliphatic rings. The normalized spacial score (nSPS) is 15.5. The summed E-state index contributed by atoms with van der Waals surface area (Å²) in [5.74, 6) is 0. The number of nitrogens with zero attached hydrogens (tertiary/aromatic N) is 1. The molecule has 0 aliphatic carbocycles. The van der Waals surface area contributed by atoms with Gasteiger partial charge in [0, 0.05) is 13.1 Å². The number of benzene rings is 2. The number of fused-ring (bicyclic) bond motifs is 1. The van der Waals surface area contributed by atoms with Crippen LogP contribution in [0.25, 0.3) is 0 Å². The highest BCUT2D eigenvalue weighted by Gasteiger charge is 2.15. The zero-order chi connectivity index (χ0) is 11.5. The van der Waals surface area contributed by atoms with E-state index in [4.69, 9.17) is 0 Å². The lowest BCUT2D eigenvalue weighted by atomic mass is 9.99. The highest BCUT2D eigenvalue weighted by molar-refractivity contribution is 5.35. The molecule has 17 heavy (non-hydrogen) atoms. The smallest absolute Gasteiger partial charge is 0.0551 e. The molecule has 2 aromatic carbocycles. The molecule has 85 valence electrons. The van der Waals surface area contributed by atoms with E-state index in [2.05, 4.69) is 66.0 Å². The lowest BCUT2D eigenvalue weighted by Crippen LogP contribution is -2.28. The van der Waals surface area contributed by atoms with Crippen LogP contribution in [-0.4, -0.2) is 11.4 Å². The Labute approximate surface area is 103 Å². The van der Waals surface area contributed by atoms with Gasteiger partial charge in [0.1, 0.15) is 0 Å². The van der Waals surface area contributed by atoms with Crippen LogP contribution >= 0.6 is 0 Å². The van der Waals surface area contributed by atoms with Crippen molar-refractivity contribution < 1.29 is 0 Å². The van der Waals surface area contributed by atoms with E-state index in [-0.39, 0.29) is 0 Å². The minimum absolute atomic E-state index is 1.01. The van der Waals surface area contributed by atoms with Gasteiger partial charge in [-0.05, 0) is 23.1 Å². The monoisotopic (exact) mass is 222 g/mol. The topological polar surface area (TPSA) is 3.24 Å². The average Bonchev–Trinajstić information content (AvgIpc) is 2.40. The van der Waals surface area contributed by atoms with Gasteiger partial charge in [-0.25, -0.2) is 0 Å². The zero-order valence-electron chi connectivity index (χ0n) is 9.84. The van der Waals surface area contributed by atoms with Crippen molar-refractivity contribution in [1.82, 2.24) is 4.90 Å². The molecular formula is C16H16N. The summed E-state index contributed by atoms with van der Waals surface area (Å²) in [6.07, 6.45) is 1.15. The molecular weight excluding hydrogens is 206 g/mol. The van der Waals surface area contributed by atoms with Crippen molar-refractivity contribution >= 4 is 0 Å². The van der Waals surface area contributed by atoms with Gasteiger partial charge in [-0.2, -0.15) is 0 Å². The Bertz CT molecular complexity index is 490. The van der Waals surface area contributed by atoms with Gasteiger partial charge in [-0.3, -0.25) is 4.90 Å². The quantitative estimate of drug-likeness (QED) is 0.754. The van der Waals surface area contributed by atoms with Gasteiger partial charge in [-0.1, -0.05) is 54.6 Å². The van der Waals surface area contributed by atoms with Gasteiger partial charge >= 0.3 is 0 Å². The van der Waals surface area contributed by atoms with Crippen molar-refractivity contribution in [3.63, 3.8) is 0 Å². The maximum absolute atomic E-state index is 2.40. The van der Waals surface area contributed by atoms with Gasteiger partial charge in [0.05, 0.1) is 6.54 Å². The SMILES string of the molecule is [CH]1c2ccccc2CCN1Cc1ccccc1. The molecule has 1 nitrogen and oxygen atoms in total. The van der Waals surface area contributed by atoms with Gasteiger partial charge in [0.15, 0.2) is 0 Å². The minimum atomic E-state index is 1.01. The molecule has 0 amide bonds. The molecule has 0 aromatic heterocycles. The van der Waals surface area contributed by atoms with Gasteiger partial charge in [0.2, 0.25) is 0 Å². The molecule has 0 fully saturated rings. The first-order chi connectivity index (χ1) is 8.42. The van der Waals surface area contributed by atoms with E-state index in [0.29, 0.717) is 0 Å². The number of hydrogen-bond donors (Lipinski definition) is 0. The molecule has 0 saturated carbocycles. The van der Waals surface area contributed by atoms with Crippen LogP contribution in [0.1, 0.15) is 16.7 Å². The molecule has 1 heteroatoms. The summed E-state index contributed by atoms with van der Waals surface area (Å²) in [5, 5.41) is 0. The highest BCUT2D eigenvalue weighted by Crippen LogP contribution is 2.21. The van der Waals surface area contributed by atoms with E-state index in [0.717, 1.165) is 19.5 Å². The van der Waals surface area contributed by atoms with Gasteiger partial charge < -0.3 is 0 Å². The van der Waals surface area contributed by atoms with E-state index in [1.54, 1.807) is 0 Å². The summed E-state index contributed by atoms with van der Waals surface area (Å²) in [6, 6.07) is 19.3. The molecule has 3 rings (SSSR count). The molecule has 0 bridgehead atoms. The average molecular weight is 222 g/mol. The third kappa shape index (κ3) is 2.40. The van der Waals surface area contributed by atoms with Crippen molar-refractivity contribution in [2.45, 2.75) is 13.0 Å². The molecule has 1 aliphatic heterocycles. The molecule has 0 N–H and O–H groups in total. The van der Waals surface area contributed by atoms with Crippen LogP contribution in [0.2, 0.25) is 0 Å². The van der Waals surface area contributed by atoms with E-state index in [1.165, 1.54) is 16.7 Å². The van der Waals surface area contributed by atoms with Crippen LogP contribution in [-0.2, 0) is 13.0 Å². The Morgan fingerprint density at radius 3 is 2.53 bits per heavy atom. The maximum atomic E-state index is 2.40. The minimum Gasteiger partial charge on any atom is -0.290 e. The summed E-state index contributed by atoms with van der Waals surface area (Å²) < 4.78 is 0. The first-order valence-corrected chi connectivity index (χ1v) is 6.12. The Hall–Kier alpha value is -1.60. The number of hydrogen-bond acceptors (Lipinski definition) is 1. The van der Waals surface area contributed by atoms with Crippen molar-refractivity contribution in [3.8, 4) is 0 Å². The third-order valence-electron chi connectivity index (χ3n) is 3.27. The van der Waals surface area contributed by atoms with Crippen molar-refractivity contribution in [2.24, 2.45) is 0 Å². The Kier molecular flexibility index (Phi) is 2.93. The predicted octanol–water partition coefficient (Wildman–Crippen LogP) is 3.25. The molecule has 0 atom stereocenters.